The van der Waals surface area contributed by atoms with Crippen LogP contribution in [0.1, 0.15) is 43.4 Å². The first-order chi connectivity index (χ1) is 21.3. The molecule has 0 spiro atoms. The molecule has 44 heavy (non-hydrogen) atoms. The van der Waals surface area contributed by atoms with Crippen LogP contribution in [0, 0.1) is 10.1 Å². The number of hydrogen-bond acceptors (Lipinski definition) is 8. The molecule has 2 aliphatic heterocycles. The summed E-state index contributed by atoms with van der Waals surface area (Å²) in [5.41, 5.74) is 2.99. The fourth-order valence-electron chi connectivity index (χ4n) is 5.76. The fraction of sp³-hybridized carbons (Fsp3) is 0.242. The van der Waals surface area contributed by atoms with Crippen LogP contribution in [0.2, 0.25) is 0 Å². The highest BCUT2D eigenvalue weighted by Crippen LogP contribution is 2.33. The van der Waals surface area contributed by atoms with Gasteiger partial charge in [0.25, 0.3) is 17.2 Å². The molecule has 1 aromatic heterocycles. The first kappa shape index (κ1) is 29.1. The van der Waals surface area contributed by atoms with E-state index in [0.717, 1.165) is 32.4 Å². The molecule has 1 amide bonds. The Morgan fingerprint density at radius 1 is 1.07 bits per heavy atom. The molecule has 0 bridgehead atoms. The SMILES string of the molecule is COc1ccc([C@@H]2C(C(=O)Nc3ccccc3)=C(C)N=c3s/c(=C\c4ccc(N5CCCCC5)c([N+](=O)[O-])c4)c(=O)n32)cc1. The van der Waals surface area contributed by atoms with Crippen molar-refractivity contribution in [3.8, 4) is 5.75 Å². The van der Waals surface area contributed by atoms with E-state index in [2.05, 4.69) is 15.2 Å². The number of allylic oxidation sites excluding steroid dienone is 1. The molecule has 1 saturated heterocycles. The summed E-state index contributed by atoms with van der Waals surface area (Å²) in [6, 6.07) is 20.7. The highest BCUT2D eigenvalue weighted by molar-refractivity contribution is 7.07. The summed E-state index contributed by atoms with van der Waals surface area (Å²) >= 11 is 1.19. The van der Waals surface area contributed by atoms with E-state index in [1.807, 2.05) is 30.3 Å². The smallest absolute Gasteiger partial charge is 0.293 e. The van der Waals surface area contributed by atoms with Crippen molar-refractivity contribution in [3.05, 3.63) is 125 Å². The van der Waals surface area contributed by atoms with Gasteiger partial charge in [0.1, 0.15) is 11.4 Å². The normalized spacial score (nSPS) is 16.7. The Kier molecular flexibility index (Phi) is 8.12. The number of aromatic nitrogens is 1. The maximum Gasteiger partial charge on any atom is 0.293 e. The quantitative estimate of drug-likeness (QED) is 0.238. The van der Waals surface area contributed by atoms with Crippen LogP contribution in [-0.4, -0.2) is 35.6 Å². The van der Waals surface area contributed by atoms with Crippen LogP contribution in [0.15, 0.2) is 93.9 Å². The molecule has 4 aromatic rings. The number of carbonyl (C=O) groups is 1. The van der Waals surface area contributed by atoms with Gasteiger partial charge in [-0.05, 0) is 73.7 Å². The minimum atomic E-state index is -0.751. The number of nitro groups is 1. The number of anilines is 2. The van der Waals surface area contributed by atoms with E-state index in [-0.39, 0.29) is 22.1 Å². The number of amides is 1. The van der Waals surface area contributed by atoms with Crippen molar-refractivity contribution in [1.29, 1.82) is 0 Å². The summed E-state index contributed by atoms with van der Waals surface area (Å²) in [6.07, 6.45) is 4.78. The molecule has 3 heterocycles. The Morgan fingerprint density at radius 2 is 1.80 bits per heavy atom. The highest BCUT2D eigenvalue weighted by Gasteiger charge is 2.32. The number of nitrogens with one attached hydrogen (secondary N) is 1. The van der Waals surface area contributed by atoms with Gasteiger partial charge in [0, 0.05) is 24.8 Å². The van der Waals surface area contributed by atoms with Crippen molar-refractivity contribution in [2.75, 3.05) is 30.4 Å². The van der Waals surface area contributed by atoms with E-state index in [4.69, 9.17) is 4.74 Å². The Hall–Kier alpha value is -5.03. The lowest BCUT2D eigenvalue weighted by Gasteiger charge is -2.28. The molecule has 0 radical (unpaired) electrons. The molecule has 10 nitrogen and oxygen atoms in total. The molecule has 0 saturated carbocycles. The van der Waals surface area contributed by atoms with Crippen molar-refractivity contribution in [2.45, 2.75) is 32.2 Å². The van der Waals surface area contributed by atoms with Gasteiger partial charge in [0.2, 0.25) is 0 Å². The van der Waals surface area contributed by atoms with E-state index < -0.39 is 6.04 Å². The Morgan fingerprint density at radius 3 is 2.48 bits per heavy atom. The molecular formula is C33H31N5O5S. The molecular weight excluding hydrogens is 578 g/mol. The van der Waals surface area contributed by atoms with Crippen LogP contribution < -0.4 is 29.8 Å². The number of carbonyl (C=O) groups excluding carboxylic acids is 1. The molecule has 6 rings (SSSR count). The number of fused-ring (bicyclic) bond motifs is 1. The molecule has 224 valence electrons. The molecule has 0 unspecified atom stereocenters. The second-order valence-corrected chi connectivity index (χ2v) is 11.7. The van der Waals surface area contributed by atoms with E-state index in [9.17, 15) is 19.7 Å². The van der Waals surface area contributed by atoms with Crippen LogP contribution in [-0.2, 0) is 4.79 Å². The van der Waals surface area contributed by atoms with E-state index >= 15 is 0 Å². The van der Waals surface area contributed by atoms with Gasteiger partial charge in [-0.15, -0.1) is 0 Å². The summed E-state index contributed by atoms with van der Waals surface area (Å²) < 4.78 is 7.23. The number of hydrogen-bond donors (Lipinski definition) is 1. The minimum Gasteiger partial charge on any atom is -0.497 e. The molecule has 1 atom stereocenters. The Labute approximate surface area is 257 Å². The van der Waals surface area contributed by atoms with Gasteiger partial charge in [0.05, 0.1) is 33.9 Å². The third-order valence-electron chi connectivity index (χ3n) is 7.92. The Balaban J connectivity index is 1.45. The highest BCUT2D eigenvalue weighted by atomic mass is 32.1. The second-order valence-electron chi connectivity index (χ2n) is 10.7. The van der Waals surface area contributed by atoms with Gasteiger partial charge >= 0.3 is 0 Å². The summed E-state index contributed by atoms with van der Waals surface area (Å²) in [5, 5.41) is 15.0. The summed E-state index contributed by atoms with van der Waals surface area (Å²) in [7, 11) is 1.57. The monoisotopic (exact) mass is 609 g/mol. The lowest BCUT2D eigenvalue weighted by atomic mass is 9.95. The molecule has 1 fully saturated rings. The van der Waals surface area contributed by atoms with Crippen LogP contribution in [0.3, 0.4) is 0 Å². The number of benzene rings is 3. The van der Waals surface area contributed by atoms with Gasteiger partial charge in [-0.25, -0.2) is 4.99 Å². The number of rotatable bonds is 7. The summed E-state index contributed by atoms with van der Waals surface area (Å²) in [4.78, 5) is 46.6. The predicted molar refractivity (Wildman–Crippen MR) is 171 cm³/mol. The lowest BCUT2D eigenvalue weighted by molar-refractivity contribution is -0.384. The van der Waals surface area contributed by atoms with E-state index in [1.54, 1.807) is 56.5 Å². The third kappa shape index (κ3) is 5.66. The first-order valence-electron chi connectivity index (χ1n) is 14.4. The minimum absolute atomic E-state index is 0.0141. The van der Waals surface area contributed by atoms with Gasteiger partial charge in [-0.1, -0.05) is 47.7 Å². The van der Waals surface area contributed by atoms with Crippen molar-refractivity contribution in [3.63, 3.8) is 0 Å². The topological polar surface area (TPSA) is 119 Å². The van der Waals surface area contributed by atoms with Crippen LogP contribution >= 0.6 is 11.3 Å². The number of ether oxygens (including phenoxy) is 1. The van der Waals surface area contributed by atoms with Gasteiger partial charge in [0.15, 0.2) is 4.80 Å². The fourth-order valence-corrected chi connectivity index (χ4v) is 6.81. The van der Waals surface area contributed by atoms with Crippen LogP contribution in [0.4, 0.5) is 17.1 Å². The third-order valence-corrected chi connectivity index (χ3v) is 8.90. The number of methoxy groups -OCH3 is 1. The zero-order chi connectivity index (χ0) is 30.8. The largest absolute Gasteiger partial charge is 0.497 e. The van der Waals surface area contributed by atoms with Crippen molar-refractivity contribution < 1.29 is 14.5 Å². The molecule has 11 heteroatoms. The number of nitrogens with zero attached hydrogens (tertiary/aromatic N) is 4. The standard InChI is InChI=1S/C33H31N5O5S/c1-21-29(31(39)35-24-9-5-3-6-10-24)30(23-12-14-25(43-2)15-13-23)37-32(40)28(44-33(37)34-21)20-22-11-16-26(27(19-22)38(41)42)36-17-7-4-8-18-36/h3,5-6,9-16,19-20,30H,4,7-8,17-18H2,1-2H3,(H,35,39)/b28-20-/t30-/m1/s1. The maximum absolute atomic E-state index is 14.1. The van der Waals surface area contributed by atoms with Crippen molar-refractivity contribution >= 4 is 40.4 Å². The zero-order valence-electron chi connectivity index (χ0n) is 24.4. The first-order valence-corrected chi connectivity index (χ1v) is 15.2. The average Bonchev–Trinajstić information content (AvgIpc) is 3.34. The maximum atomic E-state index is 14.1. The van der Waals surface area contributed by atoms with Crippen LogP contribution in [0.25, 0.3) is 6.08 Å². The van der Waals surface area contributed by atoms with Crippen molar-refractivity contribution in [2.24, 2.45) is 4.99 Å². The zero-order valence-corrected chi connectivity index (χ0v) is 25.2. The molecule has 2 aliphatic rings. The molecule has 0 aliphatic carbocycles. The summed E-state index contributed by atoms with van der Waals surface area (Å²) in [5.74, 6) is 0.281. The predicted octanol–water partition coefficient (Wildman–Crippen LogP) is 4.78. The van der Waals surface area contributed by atoms with Gasteiger partial charge in [-0.3, -0.25) is 24.3 Å². The number of para-hydroxylation sites is 1. The average molecular weight is 610 g/mol. The molecule has 3 aromatic carbocycles. The molecule has 1 N–H and O–H groups in total. The number of thiazole rings is 1. The van der Waals surface area contributed by atoms with Gasteiger partial charge in [-0.2, -0.15) is 0 Å². The Bertz CT molecular complexity index is 1940. The second kappa shape index (κ2) is 12.3. The van der Waals surface area contributed by atoms with Gasteiger partial charge < -0.3 is 15.0 Å². The van der Waals surface area contributed by atoms with Crippen LogP contribution in [0.5, 0.6) is 5.75 Å². The lowest BCUT2D eigenvalue weighted by Crippen LogP contribution is -2.40. The number of piperidine rings is 1. The van der Waals surface area contributed by atoms with E-state index in [1.165, 1.54) is 22.0 Å². The van der Waals surface area contributed by atoms with E-state index in [0.29, 0.717) is 48.9 Å². The number of nitro benzene ring substituents is 1. The summed E-state index contributed by atoms with van der Waals surface area (Å²) in [6.45, 7) is 3.32. The van der Waals surface area contributed by atoms with Crippen molar-refractivity contribution in [1.82, 2.24) is 4.57 Å².